The highest BCUT2D eigenvalue weighted by molar-refractivity contribution is 6.32. The molecule has 0 bridgehead atoms. The molecule has 0 fully saturated rings. The summed E-state index contributed by atoms with van der Waals surface area (Å²) in [5.41, 5.74) is 1.17. The number of rotatable bonds is 6. The molecule has 0 saturated carbocycles. The summed E-state index contributed by atoms with van der Waals surface area (Å²) in [7, 11) is 1.90. The molecule has 0 atom stereocenters. The first-order chi connectivity index (χ1) is 9.19. The van der Waals surface area contributed by atoms with E-state index in [0.717, 1.165) is 19.5 Å². The fourth-order valence-corrected chi connectivity index (χ4v) is 1.82. The highest BCUT2D eigenvalue weighted by Crippen LogP contribution is 2.19. The van der Waals surface area contributed by atoms with E-state index < -0.39 is 0 Å². The van der Waals surface area contributed by atoms with E-state index in [4.69, 9.17) is 11.6 Å². The largest absolute Gasteiger partial charge is 0.368 e. The predicted molar refractivity (Wildman–Crippen MR) is 76.6 cm³/mol. The number of halogens is 1. The van der Waals surface area contributed by atoms with Crippen LogP contribution in [0.5, 0.6) is 0 Å². The van der Waals surface area contributed by atoms with Crippen molar-refractivity contribution in [2.24, 2.45) is 7.05 Å². The zero-order chi connectivity index (χ0) is 13.7. The molecule has 2 rings (SSSR count). The number of aromatic nitrogens is 4. The molecule has 0 aliphatic heterocycles. The molecule has 2 aromatic heterocycles. The van der Waals surface area contributed by atoms with Crippen molar-refractivity contribution in [1.29, 1.82) is 0 Å². The Bertz CT molecular complexity index is 539. The quantitative estimate of drug-likeness (QED) is 0.846. The molecule has 0 aliphatic rings. The van der Waals surface area contributed by atoms with Gasteiger partial charge in [-0.3, -0.25) is 4.68 Å². The minimum atomic E-state index is 0.521. The van der Waals surface area contributed by atoms with Crippen molar-refractivity contribution in [3.8, 4) is 0 Å². The van der Waals surface area contributed by atoms with E-state index in [-0.39, 0.29) is 0 Å². The van der Waals surface area contributed by atoms with Crippen LogP contribution in [0.4, 0.5) is 11.8 Å². The van der Waals surface area contributed by atoms with Crippen LogP contribution < -0.4 is 10.6 Å². The summed E-state index contributed by atoms with van der Waals surface area (Å²) in [5.74, 6) is 1.23. The highest BCUT2D eigenvalue weighted by Gasteiger charge is 2.04. The monoisotopic (exact) mass is 280 g/mol. The Hall–Kier alpha value is -1.82. The summed E-state index contributed by atoms with van der Waals surface area (Å²) in [4.78, 5) is 8.40. The smallest absolute Gasteiger partial charge is 0.224 e. The third-order valence-corrected chi connectivity index (χ3v) is 2.82. The summed E-state index contributed by atoms with van der Waals surface area (Å²) < 4.78 is 1.79. The number of aryl methyl sites for hydroxylation is 1. The second-order valence-corrected chi connectivity index (χ2v) is 4.53. The first-order valence-electron chi connectivity index (χ1n) is 6.17. The summed E-state index contributed by atoms with van der Waals surface area (Å²) in [6.07, 6.45) is 6.31. The van der Waals surface area contributed by atoms with E-state index in [2.05, 4.69) is 25.7 Å². The van der Waals surface area contributed by atoms with Crippen molar-refractivity contribution in [1.82, 2.24) is 19.7 Å². The van der Waals surface area contributed by atoms with Crippen LogP contribution in [0.2, 0.25) is 5.02 Å². The Balaban J connectivity index is 1.93. The van der Waals surface area contributed by atoms with Crippen LogP contribution >= 0.6 is 11.6 Å². The second-order valence-electron chi connectivity index (χ2n) is 4.12. The molecule has 0 amide bonds. The van der Waals surface area contributed by atoms with Gasteiger partial charge in [0, 0.05) is 26.3 Å². The molecule has 2 heterocycles. The normalized spacial score (nSPS) is 10.5. The Labute approximate surface area is 117 Å². The lowest BCUT2D eigenvalue weighted by molar-refractivity contribution is 0.767. The Morgan fingerprint density at radius 1 is 1.32 bits per heavy atom. The minimum Gasteiger partial charge on any atom is -0.368 e. The third kappa shape index (κ3) is 3.82. The van der Waals surface area contributed by atoms with E-state index in [1.165, 1.54) is 5.56 Å². The van der Waals surface area contributed by atoms with E-state index >= 15 is 0 Å². The molecule has 0 radical (unpaired) electrons. The van der Waals surface area contributed by atoms with Gasteiger partial charge in [0.05, 0.1) is 12.4 Å². The van der Waals surface area contributed by atoms with Crippen LogP contribution in [-0.4, -0.2) is 32.8 Å². The van der Waals surface area contributed by atoms with Crippen LogP contribution in [0.3, 0.4) is 0 Å². The van der Waals surface area contributed by atoms with Gasteiger partial charge in [-0.25, -0.2) is 4.98 Å². The number of nitrogens with zero attached hydrogens (tertiary/aromatic N) is 4. The molecule has 0 saturated heterocycles. The van der Waals surface area contributed by atoms with E-state index in [1.54, 1.807) is 10.9 Å². The van der Waals surface area contributed by atoms with Crippen molar-refractivity contribution < 1.29 is 0 Å². The summed E-state index contributed by atoms with van der Waals surface area (Å²) in [6, 6.07) is 0. The fraction of sp³-hybridized carbons (Fsp3) is 0.417. The number of nitrogens with one attached hydrogen (secondary N) is 2. The molecule has 0 aromatic carbocycles. The van der Waals surface area contributed by atoms with Crippen LogP contribution in [0.15, 0.2) is 18.6 Å². The Morgan fingerprint density at radius 3 is 2.84 bits per heavy atom. The van der Waals surface area contributed by atoms with E-state index in [9.17, 15) is 0 Å². The summed E-state index contributed by atoms with van der Waals surface area (Å²) in [6.45, 7) is 3.51. The minimum absolute atomic E-state index is 0.521. The van der Waals surface area contributed by atoms with Gasteiger partial charge in [0.25, 0.3) is 0 Å². The van der Waals surface area contributed by atoms with Crippen molar-refractivity contribution in [3.63, 3.8) is 0 Å². The molecular formula is C12H17ClN6. The van der Waals surface area contributed by atoms with Crippen LogP contribution in [0.1, 0.15) is 12.5 Å². The summed E-state index contributed by atoms with van der Waals surface area (Å²) in [5, 5.41) is 10.9. The van der Waals surface area contributed by atoms with Gasteiger partial charge < -0.3 is 10.6 Å². The van der Waals surface area contributed by atoms with Gasteiger partial charge in [-0.2, -0.15) is 10.1 Å². The number of hydrogen-bond acceptors (Lipinski definition) is 5. The molecule has 0 spiro atoms. The van der Waals surface area contributed by atoms with Gasteiger partial charge in [-0.15, -0.1) is 0 Å². The van der Waals surface area contributed by atoms with Crippen LogP contribution in [0, 0.1) is 0 Å². The first kappa shape index (κ1) is 13.6. The van der Waals surface area contributed by atoms with Gasteiger partial charge in [0.15, 0.2) is 0 Å². The van der Waals surface area contributed by atoms with E-state index in [1.807, 2.05) is 26.4 Å². The predicted octanol–water partition coefficient (Wildman–Crippen LogP) is 1.95. The maximum Gasteiger partial charge on any atom is 0.224 e. The average Bonchev–Trinajstić information content (AvgIpc) is 2.79. The lowest BCUT2D eigenvalue weighted by Gasteiger charge is -2.08. The van der Waals surface area contributed by atoms with Gasteiger partial charge in [-0.05, 0) is 18.9 Å². The molecule has 2 aromatic rings. The molecule has 0 unspecified atom stereocenters. The van der Waals surface area contributed by atoms with Gasteiger partial charge in [-0.1, -0.05) is 11.6 Å². The van der Waals surface area contributed by atoms with Gasteiger partial charge >= 0.3 is 0 Å². The van der Waals surface area contributed by atoms with Gasteiger partial charge in [0.2, 0.25) is 5.95 Å². The topological polar surface area (TPSA) is 67.7 Å². The van der Waals surface area contributed by atoms with Gasteiger partial charge in [0.1, 0.15) is 10.8 Å². The second kappa shape index (κ2) is 6.38. The molecule has 0 aliphatic carbocycles. The molecule has 102 valence electrons. The number of hydrogen-bond donors (Lipinski definition) is 2. The Morgan fingerprint density at radius 2 is 2.16 bits per heavy atom. The van der Waals surface area contributed by atoms with Crippen molar-refractivity contribution in [2.45, 2.75) is 13.3 Å². The van der Waals surface area contributed by atoms with Crippen LogP contribution in [-0.2, 0) is 13.5 Å². The van der Waals surface area contributed by atoms with E-state index in [0.29, 0.717) is 16.8 Å². The molecule has 19 heavy (non-hydrogen) atoms. The number of anilines is 2. The lowest BCUT2D eigenvalue weighted by Crippen LogP contribution is -2.09. The standard InChI is InChI=1S/C12H17ClN6/c1-3-14-12-16-7-10(13)11(18-12)15-5-4-9-6-17-19(2)8-9/h6-8H,3-5H2,1-2H3,(H2,14,15,16,18). The maximum atomic E-state index is 6.05. The molecular weight excluding hydrogens is 264 g/mol. The summed E-state index contributed by atoms with van der Waals surface area (Å²) >= 11 is 6.05. The zero-order valence-corrected chi connectivity index (χ0v) is 11.8. The molecule has 7 heteroatoms. The zero-order valence-electron chi connectivity index (χ0n) is 11.0. The highest BCUT2D eigenvalue weighted by atomic mass is 35.5. The van der Waals surface area contributed by atoms with Crippen molar-refractivity contribution >= 4 is 23.4 Å². The fourth-order valence-electron chi connectivity index (χ4n) is 1.66. The molecule has 2 N–H and O–H groups in total. The average molecular weight is 281 g/mol. The SMILES string of the molecule is CCNc1ncc(Cl)c(NCCc2cnn(C)c2)n1. The third-order valence-electron chi connectivity index (χ3n) is 2.54. The van der Waals surface area contributed by atoms with Crippen LogP contribution in [0.25, 0.3) is 0 Å². The molecule has 6 nitrogen and oxygen atoms in total. The Kier molecular flexibility index (Phi) is 4.57. The first-order valence-corrected chi connectivity index (χ1v) is 6.54. The lowest BCUT2D eigenvalue weighted by atomic mass is 10.2. The van der Waals surface area contributed by atoms with Crippen molar-refractivity contribution in [2.75, 3.05) is 23.7 Å². The van der Waals surface area contributed by atoms with Crippen molar-refractivity contribution in [3.05, 3.63) is 29.2 Å². The maximum absolute atomic E-state index is 6.05.